The van der Waals surface area contributed by atoms with Crippen LogP contribution >= 0.6 is 0 Å². The Morgan fingerprint density at radius 3 is 2.03 bits per heavy atom. The maximum absolute atomic E-state index is 13.5. The van der Waals surface area contributed by atoms with Gasteiger partial charge in [0, 0.05) is 0 Å². The molecule has 0 heterocycles. The van der Waals surface area contributed by atoms with Crippen molar-refractivity contribution >= 4 is 15.7 Å². The van der Waals surface area contributed by atoms with Gasteiger partial charge in [0.05, 0.1) is 17.1 Å². The van der Waals surface area contributed by atoms with Gasteiger partial charge < -0.3 is 9.84 Å². The predicted molar refractivity (Wildman–Crippen MR) is 124 cm³/mol. The van der Waals surface area contributed by atoms with E-state index in [-0.39, 0.29) is 23.7 Å². The Hall–Kier alpha value is -2.90. The molecule has 1 N–H and O–H groups in total. The predicted octanol–water partition coefficient (Wildman–Crippen LogP) is 4.69. The van der Waals surface area contributed by atoms with Crippen LogP contribution in [0.3, 0.4) is 0 Å². The summed E-state index contributed by atoms with van der Waals surface area (Å²) in [4.78, 5) is 0.0887. The lowest BCUT2D eigenvalue weighted by atomic mass is 10.1. The third-order valence-corrected chi connectivity index (χ3v) is 6.93. The van der Waals surface area contributed by atoms with E-state index in [4.69, 9.17) is 4.74 Å². The van der Waals surface area contributed by atoms with Crippen molar-refractivity contribution in [1.82, 2.24) is 0 Å². The summed E-state index contributed by atoms with van der Waals surface area (Å²) in [5, 5.41) is 10.7. The van der Waals surface area contributed by atoms with Gasteiger partial charge in [-0.15, -0.1) is 0 Å². The van der Waals surface area contributed by atoms with Gasteiger partial charge in [0.15, 0.2) is 0 Å². The molecule has 0 fully saturated rings. The maximum atomic E-state index is 13.5. The number of hydrogen-bond acceptors (Lipinski definition) is 4. The minimum absolute atomic E-state index is 0.0887. The molecular formula is C25H28FNO4S. The number of sulfonamides is 1. The van der Waals surface area contributed by atoms with Crippen LogP contribution in [0.2, 0.25) is 0 Å². The number of nitrogens with zero attached hydrogens (tertiary/aromatic N) is 1. The number of aryl methyl sites for hydroxylation is 4. The van der Waals surface area contributed by atoms with E-state index >= 15 is 0 Å². The molecule has 0 spiro atoms. The fourth-order valence-electron chi connectivity index (χ4n) is 3.61. The topological polar surface area (TPSA) is 66.8 Å². The van der Waals surface area contributed by atoms with Crippen LogP contribution < -0.4 is 9.04 Å². The number of aliphatic hydroxyl groups is 1. The van der Waals surface area contributed by atoms with Crippen LogP contribution in [0.15, 0.2) is 65.6 Å². The quantitative estimate of drug-likeness (QED) is 0.533. The summed E-state index contributed by atoms with van der Waals surface area (Å²) in [7, 11) is -3.99. The third-order valence-electron chi connectivity index (χ3n) is 5.12. The third kappa shape index (κ3) is 5.47. The van der Waals surface area contributed by atoms with Crippen molar-refractivity contribution in [3.8, 4) is 5.75 Å². The Bertz CT molecular complexity index is 1150. The lowest BCUT2D eigenvalue weighted by Crippen LogP contribution is -2.40. The minimum atomic E-state index is -3.99. The molecule has 0 aliphatic heterocycles. The van der Waals surface area contributed by atoms with Crippen LogP contribution in [0.1, 0.15) is 22.3 Å². The summed E-state index contributed by atoms with van der Waals surface area (Å²) in [6, 6.07) is 15.6. The summed E-state index contributed by atoms with van der Waals surface area (Å²) < 4.78 is 47.1. The average Bonchev–Trinajstić information content (AvgIpc) is 2.72. The van der Waals surface area contributed by atoms with E-state index in [1.165, 1.54) is 36.4 Å². The molecule has 3 aromatic rings. The molecule has 0 bridgehead atoms. The summed E-state index contributed by atoms with van der Waals surface area (Å²) in [5.41, 5.74) is 4.18. The fourth-order valence-corrected chi connectivity index (χ4v) is 5.11. The number of hydrogen-bond donors (Lipinski definition) is 1. The maximum Gasteiger partial charge on any atom is 0.264 e. The standard InChI is InChI=1S/C25H28FNO4S/c1-17-5-11-24(12-6-17)32(29,30)27(22-9-7-21(26)8-10-22)15-23(28)16-31-25-19(3)13-18(2)14-20(25)4/h5-14,23,28H,15-16H2,1-4H3/t23-/m1/s1. The summed E-state index contributed by atoms with van der Waals surface area (Å²) in [5.74, 6) is 0.194. The molecular weight excluding hydrogens is 429 g/mol. The van der Waals surface area contributed by atoms with Gasteiger partial charge >= 0.3 is 0 Å². The molecule has 1 atom stereocenters. The largest absolute Gasteiger partial charge is 0.490 e. The van der Waals surface area contributed by atoms with E-state index in [0.29, 0.717) is 5.75 Å². The Kier molecular flexibility index (Phi) is 7.21. The van der Waals surface area contributed by atoms with Gasteiger partial charge in [-0.2, -0.15) is 0 Å². The number of anilines is 1. The highest BCUT2D eigenvalue weighted by molar-refractivity contribution is 7.92. The molecule has 0 aliphatic carbocycles. The Morgan fingerprint density at radius 2 is 1.47 bits per heavy atom. The van der Waals surface area contributed by atoms with Crippen molar-refractivity contribution in [3.05, 3.63) is 88.7 Å². The van der Waals surface area contributed by atoms with E-state index in [1.54, 1.807) is 12.1 Å². The van der Waals surface area contributed by atoms with Crippen molar-refractivity contribution in [2.75, 3.05) is 17.5 Å². The van der Waals surface area contributed by atoms with Gasteiger partial charge in [0.1, 0.15) is 24.3 Å². The first-order chi connectivity index (χ1) is 15.1. The molecule has 0 saturated heterocycles. The van der Waals surface area contributed by atoms with Crippen LogP contribution in [-0.4, -0.2) is 32.8 Å². The van der Waals surface area contributed by atoms with Gasteiger partial charge in [-0.25, -0.2) is 12.8 Å². The molecule has 5 nitrogen and oxygen atoms in total. The van der Waals surface area contributed by atoms with Crippen molar-refractivity contribution < 1.29 is 22.7 Å². The Morgan fingerprint density at radius 1 is 0.906 bits per heavy atom. The van der Waals surface area contributed by atoms with E-state index in [0.717, 1.165) is 26.6 Å². The summed E-state index contributed by atoms with van der Waals surface area (Å²) in [6.07, 6.45) is -1.11. The molecule has 0 radical (unpaired) electrons. The zero-order valence-electron chi connectivity index (χ0n) is 18.7. The average molecular weight is 458 g/mol. The molecule has 170 valence electrons. The molecule has 0 amide bonds. The van der Waals surface area contributed by atoms with E-state index < -0.39 is 21.9 Å². The monoisotopic (exact) mass is 457 g/mol. The van der Waals surface area contributed by atoms with Crippen LogP contribution in [0.5, 0.6) is 5.75 Å². The smallest absolute Gasteiger partial charge is 0.264 e. The molecule has 7 heteroatoms. The van der Waals surface area contributed by atoms with Gasteiger partial charge in [-0.3, -0.25) is 4.31 Å². The highest BCUT2D eigenvalue weighted by Gasteiger charge is 2.27. The first-order valence-electron chi connectivity index (χ1n) is 10.3. The number of ether oxygens (including phenoxy) is 1. The van der Waals surface area contributed by atoms with Gasteiger partial charge in [-0.1, -0.05) is 35.4 Å². The molecule has 3 rings (SSSR count). The minimum Gasteiger partial charge on any atom is -0.490 e. The second kappa shape index (κ2) is 9.71. The van der Waals surface area contributed by atoms with Crippen molar-refractivity contribution in [2.45, 2.75) is 38.7 Å². The van der Waals surface area contributed by atoms with Gasteiger partial charge in [0.2, 0.25) is 0 Å². The molecule has 0 aromatic heterocycles. The van der Waals surface area contributed by atoms with Crippen LogP contribution in [0.4, 0.5) is 10.1 Å². The number of rotatable bonds is 8. The zero-order chi connectivity index (χ0) is 23.5. The van der Waals surface area contributed by atoms with E-state index in [1.807, 2.05) is 39.8 Å². The fraction of sp³-hybridized carbons (Fsp3) is 0.280. The Labute approximate surface area is 189 Å². The van der Waals surface area contributed by atoms with Gasteiger partial charge in [0.25, 0.3) is 10.0 Å². The lowest BCUT2D eigenvalue weighted by molar-refractivity contribution is 0.114. The first kappa shape index (κ1) is 23.8. The van der Waals surface area contributed by atoms with Crippen LogP contribution in [-0.2, 0) is 10.0 Å². The second-order valence-corrected chi connectivity index (χ2v) is 9.88. The molecule has 0 saturated carbocycles. The SMILES string of the molecule is Cc1ccc(S(=O)(=O)N(C[C@@H](O)COc2c(C)cc(C)cc2C)c2ccc(F)cc2)cc1. The molecule has 0 unspecified atom stereocenters. The molecule has 32 heavy (non-hydrogen) atoms. The number of benzene rings is 3. The number of aliphatic hydroxyl groups excluding tert-OH is 1. The summed E-state index contributed by atoms with van der Waals surface area (Å²) in [6.45, 7) is 7.37. The van der Waals surface area contributed by atoms with Crippen molar-refractivity contribution in [1.29, 1.82) is 0 Å². The summed E-state index contributed by atoms with van der Waals surface area (Å²) >= 11 is 0. The van der Waals surface area contributed by atoms with Crippen molar-refractivity contribution in [2.24, 2.45) is 0 Å². The highest BCUT2D eigenvalue weighted by Crippen LogP contribution is 2.27. The first-order valence-corrected chi connectivity index (χ1v) is 11.8. The second-order valence-electron chi connectivity index (χ2n) is 8.02. The number of halogens is 1. The van der Waals surface area contributed by atoms with E-state index in [9.17, 15) is 17.9 Å². The lowest BCUT2D eigenvalue weighted by Gasteiger charge is -2.27. The van der Waals surface area contributed by atoms with Crippen LogP contribution in [0.25, 0.3) is 0 Å². The highest BCUT2D eigenvalue weighted by atomic mass is 32.2. The zero-order valence-corrected chi connectivity index (χ0v) is 19.5. The Balaban J connectivity index is 1.86. The molecule has 3 aromatic carbocycles. The van der Waals surface area contributed by atoms with Crippen molar-refractivity contribution in [3.63, 3.8) is 0 Å². The molecule has 0 aliphatic rings. The van der Waals surface area contributed by atoms with Crippen LogP contribution in [0, 0.1) is 33.5 Å². The normalized spacial score (nSPS) is 12.4. The van der Waals surface area contributed by atoms with Gasteiger partial charge in [-0.05, 0) is 75.2 Å². The van der Waals surface area contributed by atoms with E-state index in [2.05, 4.69) is 0 Å².